The third-order valence-electron chi connectivity index (χ3n) is 6.77. The number of phenolic OH excluding ortho intramolecular Hbond substituents is 1. The first-order valence-corrected chi connectivity index (χ1v) is 13.6. The molecule has 2 aliphatic heterocycles. The Balaban J connectivity index is 0.000000782. The highest BCUT2D eigenvalue weighted by Gasteiger charge is 2.40. The molecule has 234 valence electrons. The van der Waals surface area contributed by atoms with E-state index < -0.39 is 48.1 Å². The number of carboxylic acids is 2. The van der Waals surface area contributed by atoms with Gasteiger partial charge in [0.05, 0.1) is 6.04 Å². The van der Waals surface area contributed by atoms with Crippen LogP contribution >= 0.6 is 0 Å². The highest BCUT2D eigenvalue weighted by molar-refractivity contribution is 5.94. The van der Waals surface area contributed by atoms with Crippen LogP contribution in [0.3, 0.4) is 0 Å². The Morgan fingerprint density at radius 3 is 2.12 bits per heavy atom. The van der Waals surface area contributed by atoms with E-state index in [1.165, 1.54) is 12.1 Å². The summed E-state index contributed by atoms with van der Waals surface area (Å²) in [6.07, 6.45) is -1.88. The van der Waals surface area contributed by atoms with Crippen molar-refractivity contribution in [2.75, 3.05) is 13.1 Å². The molecule has 0 spiro atoms. The molecule has 4 atom stereocenters. The summed E-state index contributed by atoms with van der Waals surface area (Å²) in [5, 5.41) is 34.7. The molecule has 1 aromatic rings. The van der Waals surface area contributed by atoms with Gasteiger partial charge in [0.1, 0.15) is 23.9 Å². The molecule has 2 fully saturated rings. The maximum atomic E-state index is 13.3. The third-order valence-corrected chi connectivity index (χ3v) is 6.77. The Kier molecular flexibility index (Phi) is 12.6. The number of alkyl halides is 3. The minimum absolute atomic E-state index is 0.0452. The smallest absolute Gasteiger partial charge is 0.490 e. The SMILES string of the molecule is CC(C)C[C@H](NC(=O)[C@H](Cc1ccc(O)cc1)NC(=O)[C@@H]1CCCN1C(=O)[C@@H]1CCCN1)C(=O)O.O=C(O)C(F)(F)F. The van der Waals surface area contributed by atoms with E-state index in [1.54, 1.807) is 17.0 Å². The molecule has 2 saturated heterocycles. The first-order valence-electron chi connectivity index (χ1n) is 13.6. The summed E-state index contributed by atoms with van der Waals surface area (Å²) >= 11 is 0. The molecule has 3 amide bonds. The highest BCUT2D eigenvalue weighted by atomic mass is 19.4. The predicted molar refractivity (Wildman–Crippen MR) is 142 cm³/mol. The molecule has 0 unspecified atom stereocenters. The van der Waals surface area contributed by atoms with Crippen molar-refractivity contribution in [1.82, 2.24) is 20.9 Å². The van der Waals surface area contributed by atoms with Gasteiger partial charge in [-0.15, -0.1) is 0 Å². The number of hydrogen-bond donors (Lipinski definition) is 6. The molecule has 1 aromatic carbocycles. The van der Waals surface area contributed by atoms with Gasteiger partial charge in [0.25, 0.3) is 0 Å². The van der Waals surface area contributed by atoms with Gasteiger partial charge in [-0.1, -0.05) is 26.0 Å². The summed E-state index contributed by atoms with van der Waals surface area (Å²) in [6, 6.07) is 3.16. The van der Waals surface area contributed by atoms with E-state index in [-0.39, 0.29) is 36.5 Å². The number of halogens is 3. The van der Waals surface area contributed by atoms with Crippen molar-refractivity contribution < 1.29 is 52.5 Å². The van der Waals surface area contributed by atoms with Crippen LogP contribution in [0, 0.1) is 5.92 Å². The van der Waals surface area contributed by atoms with Gasteiger partial charge in [-0.2, -0.15) is 13.2 Å². The molecule has 6 N–H and O–H groups in total. The molecular formula is C27H37F3N4O8. The van der Waals surface area contributed by atoms with E-state index in [2.05, 4.69) is 16.0 Å². The topological polar surface area (TPSA) is 185 Å². The van der Waals surface area contributed by atoms with Crippen molar-refractivity contribution >= 4 is 29.7 Å². The fraction of sp³-hybridized carbons (Fsp3) is 0.593. The number of benzene rings is 1. The van der Waals surface area contributed by atoms with E-state index >= 15 is 0 Å². The summed E-state index contributed by atoms with van der Waals surface area (Å²) < 4.78 is 31.7. The number of nitrogens with one attached hydrogen (secondary N) is 3. The van der Waals surface area contributed by atoms with Gasteiger partial charge < -0.3 is 36.2 Å². The Morgan fingerprint density at radius 1 is 1.00 bits per heavy atom. The van der Waals surface area contributed by atoms with Crippen LogP contribution in [0.1, 0.15) is 51.5 Å². The lowest BCUT2D eigenvalue weighted by atomic mass is 10.0. The van der Waals surface area contributed by atoms with Gasteiger partial charge in [0, 0.05) is 13.0 Å². The standard InChI is InChI=1S/C25H36N4O6.C2HF3O2/c1-15(2)13-20(25(34)35)28-22(31)19(14-16-7-9-17(30)10-8-16)27-23(32)21-6-4-12-29(21)24(33)18-5-3-11-26-18;3-2(4,5)1(6)7/h7-10,15,18-21,26,30H,3-6,11-14H2,1-2H3,(H,27,32)(H,28,31)(H,34,35);(H,6,7)/t18-,19-,20-,21-;/m0./s1. The second kappa shape index (κ2) is 15.4. The number of nitrogens with zero attached hydrogens (tertiary/aromatic N) is 1. The number of rotatable bonds is 10. The average Bonchev–Trinajstić information content (AvgIpc) is 3.61. The van der Waals surface area contributed by atoms with Crippen LogP contribution in [0.4, 0.5) is 13.2 Å². The minimum Gasteiger partial charge on any atom is -0.508 e. The van der Waals surface area contributed by atoms with Crippen LogP contribution in [-0.2, 0) is 30.4 Å². The van der Waals surface area contributed by atoms with Gasteiger partial charge in [-0.25, -0.2) is 9.59 Å². The highest BCUT2D eigenvalue weighted by Crippen LogP contribution is 2.21. The number of hydrogen-bond acceptors (Lipinski definition) is 7. The Hall–Kier alpha value is -3.88. The molecule has 15 heteroatoms. The lowest BCUT2D eigenvalue weighted by molar-refractivity contribution is -0.192. The van der Waals surface area contributed by atoms with Crippen molar-refractivity contribution in [2.45, 2.75) is 82.7 Å². The van der Waals surface area contributed by atoms with Crippen LogP contribution in [0.2, 0.25) is 0 Å². The van der Waals surface area contributed by atoms with Gasteiger partial charge in [0.2, 0.25) is 17.7 Å². The average molecular weight is 603 g/mol. The van der Waals surface area contributed by atoms with Crippen LogP contribution in [0.5, 0.6) is 5.75 Å². The van der Waals surface area contributed by atoms with Crippen LogP contribution in [0.15, 0.2) is 24.3 Å². The van der Waals surface area contributed by atoms with Gasteiger partial charge >= 0.3 is 18.1 Å². The number of likely N-dealkylation sites (tertiary alicyclic amines) is 1. The quantitative estimate of drug-likeness (QED) is 0.230. The van der Waals surface area contributed by atoms with E-state index in [1.807, 2.05) is 13.8 Å². The maximum absolute atomic E-state index is 13.3. The van der Waals surface area contributed by atoms with Crippen LogP contribution in [-0.4, -0.2) is 93.3 Å². The van der Waals surface area contributed by atoms with E-state index in [9.17, 15) is 42.6 Å². The Labute approximate surface area is 240 Å². The second-order valence-electron chi connectivity index (χ2n) is 10.6. The number of aliphatic carboxylic acids is 2. The van der Waals surface area contributed by atoms with Crippen molar-refractivity contribution in [3.63, 3.8) is 0 Å². The number of amides is 3. The number of carboxylic acid groups (broad SMARTS) is 2. The molecule has 0 aliphatic carbocycles. The third kappa shape index (κ3) is 10.5. The largest absolute Gasteiger partial charge is 0.508 e. The van der Waals surface area contributed by atoms with Crippen molar-refractivity contribution in [2.24, 2.45) is 5.92 Å². The number of phenols is 1. The van der Waals surface area contributed by atoms with Crippen molar-refractivity contribution in [1.29, 1.82) is 0 Å². The second-order valence-corrected chi connectivity index (χ2v) is 10.6. The van der Waals surface area contributed by atoms with Crippen LogP contribution in [0.25, 0.3) is 0 Å². The summed E-state index contributed by atoms with van der Waals surface area (Å²) in [4.78, 5) is 61.5. The molecule has 0 aromatic heterocycles. The predicted octanol–water partition coefficient (Wildman–Crippen LogP) is 1.41. The number of carbonyl (C=O) groups is 5. The number of carbonyl (C=O) groups excluding carboxylic acids is 3. The monoisotopic (exact) mass is 602 g/mol. The molecule has 0 saturated carbocycles. The van der Waals surface area contributed by atoms with E-state index in [0.717, 1.165) is 19.4 Å². The first kappa shape index (κ1) is 34.3. The summed E-state index contributed by atoms with van der Waals surface area (Å²) in [7, 11) is 0. The zero-order chi connectivity index (χ0) is 31.6. The molecular weight excluding hydrogens is 565 g/mol. The summed E-state index contributed by atoms with van der Waals surface area (Å²) in [6.45, 7) is 4.99. The van der Waals surface area contributed by atoms with Crippen LogP contribution < -0.4 is 16.0 Å². The molecule has 2 aliphatic rings. The minimum atomic E-state index is -5.08. The van der Waals surface area contributed by atoms with Crippen molar-refractivity contribution in [3.05, 3.63) is 29.8 Å². The maximum Gasteiger partial charge on any atom is 0.490 e. The lowest BCUT2D eigenvalue weighted by Crippen LogP contribution is -2.57. The molecule has 2 heterocycles. The fourth-order valence-corrected chi connectivity index (χ4v) is 4.71. The summed E-state index contributed by atoms with van der Waals surface area (Å²) in [5.41, 5.74) is 0.688. The summed E-state index contributed by atoms with van der Waals surface area (Å²) in [5.74, 6) is -4.91. The molecule has 3 rings (SSSR count). The fourth-order valence-electron chi connectivity index (χ4n) is 4.71. The van der Waals surface area contributed by atoms with E-state index in [0.29, 0.717) is 24.9 Å². The zero-order valence-electron chi connectivity index (χ0n) is 23.3. The first-order chi connectivity index (χ1) is 19.6. The van der Waals surface area contributed by atoms with E-state index in [4.69, 9.17) is 9.90 Å². The molecule has 42 heavy (non-hydrogen) atoms. The van der Waals surface area contributed by atoms with Gasteiger partial charge in [-0.05, 0) is 62.3 Å². The Bertz CT molecular complexity index is 1110. The Morgan fingerprint density at radius 2 is 1.62 bits per heavy atom. The zero-order valence-corrected chi connectivity index (χ0v) is 23.3. The molecule has 0 radical (unpaired) electrons. The van der Waals surface area contributed by atoms with Gasteiger partial charge in [0.15, 0.2) is 0 Å². The lowest BCUT2D eigenvalue weighted by Gasteiger charge is -2.29. The van der Waals surface area contributed by atoms with Gasteiger partial charge in [-0.3, -0.25) is 14.4 Å². The molecule has 12 nitrogen and oxygen atoms in total. The normalized spacial score (nSPS) is 19.8. The van der Waals surface area contributed by atoms with Crippen molar-refractivity contribution in [3.8, 4) is 5.75 Å². The number of aromatic hydroxyl groups is 1. The molecule has 0 bridgehead atoms.